The number of nitrogens with zero attached hydrogens (tertiary/aromatic N) is 1. The van der Waals surface area contributed by atoms with Crippen LogP contribution in [0, 0.1) is 0 Å². The van der Waals surface area contributed by atoms with Crippen molar-refractivity contribution in [3.05, 3.63) is 0 Å². The van der Waals surface area contributed by atoms with Gasteiger partial charge in [0.05, 0.1) is 12.1 Å². The minimum absolute atomic E-state index is 0.154. The van der Waals surface area contributed by atoms with E-state index in [2.05, 4.69) is 0 Å². The predicted octanol–water partition coefficient (Wildman–Crippen LogP) is 2.01. The Morgan fingerprint density at radius 3 is 2.19 bits per heavy atom. The fraction of sp³-hybridized carbons (Fsp3) is 1.00. The van der Waals surface area contributed by atoms with Gasteiger partial charge in [0.1, 0.15) is 6.10 Å². The van der Waals surface area contributed by atoms with Gasteiger partial charge in [-0.1, -0.05) is 13.8 Å². The third-order valence-corrected chi connectivity index (χ3v) is 2.82. The summed E-state index contributed by atoms with van der Waals surface area (Å²) in [5, 5.41) is 0. The number of hydrogen-bond acceptors (Lipinski definition) is 3. The lowest BCUT2D eigenvalue weighted by Gasteiger charge is -2.30. The Morgan fingerprint density at radius 2 is 1.81 bits per heavy atom. The molecule has 0 unspecified atom stereocenters. The molecule has 3 atom stereocenters. The maximum Gasteiger partial charge on any atom is 0.265 e. The SMILES string of the molecule is CC.CO[C@H]1CCN(C)[C@@H]1[C@@H](OC)C(F)F. The summed E-state index contributed by atoms with van der Waals surface area (Å²) >= 11 is 0. The lowest BCUT2D eigenvalue weighted by Crippen LogP contribution is -2.47. The number of likely N-dealkylation sites (tertiary alicyclic amines) is 1. The van der Waals surface area contributed by atoms with Crippen LogP contribution in [-0.4, -0.2) is 57.4 Å². The van der Waals surface area contributed by atoms with E-state index < -0.39 is 12.5 Å². The zero-order chi connectivity index (χ0) is 12.7. The van der Waals surface area contributed by atoms with Crippen molar-refractivity contribution in [3.63, 3.8) is 0 Å². The van der Waals surface area contributed by atoms with Crippen LogP contribution < -0.4 is 0 Å². The molecule has 1 rings (SSSR count). The summed E-state index contributed by atoms with van der Waals surface area (Å²) in [6.07, 6.45) is -2.90. The van der Waals surface area contributed by atoms with Gasteiger partial charge in [0, 0.05) is 20.8 Å². The molecular formula is C11H23F2NO2. The Labute approximate surface area is 96.7 Å². The van der Waals surface area contributed by atoms with Crippen LogP contribution in [0.1, 0.15) is 20.3 Å². The molecule has 1 heterocycles. The second kappa shape index (κ2) is 7.92. The third kappa shape index (κ3) is 3.64. The highest BCUT2D eigenvalue weighted by Gasteiger charge is 2.42. The van der Waals surface area contributed by atoms with E-state index in [0.717, 1.165) is 13.0 Å². The van der Waals surface area contributed by atoms with Crippen molar-refractivity contribution < 1.29 is 18.3 Å². The summed E-state index contributed by atoms with van der Waals surface area (Å²) in [5.41, 5.74) is 0. The van der Waals surface area contributed by atoms with Crippen LogP contribution in [-0.2, 0) is 9.47 Å². The van der Waals surface area contributed by atoms with Gasteiger partial charge in [-0.05, 0) is 13.5 Å². The van der Waals surface area contributed by atoms with E-state index in [4.69, 9.17) is 9.47 Å². The molecule has 0 N–H and O–H groups in total. The molecule has 0 saturated carbocycles. The monoisotopic (exact) mass is 239 g/mol. The molecule has 0 bridgehead atoms. The van der Waals surface area contributed by atoms with Crippen LogP contribution >= 0.6 is 0 Å². The fourth-order valence-electron chi connectivity index (χ4n) is 2.05. The highest BCUT2D eigenvalue weighted by molar-refractivity contribution is 4.92. The topological polar surface area (TPSA) is 21.7 Å². The first kappa shape index (κ1) is 15.7. The molecule has 5 heteroatoms. The average molecular weight is 239 g/mol. The van der Waals surface area contributed by atoms with E-state index >= 15 is 0 Å². The molecular weight excluding hydrogens is 216 g/mol. The maximum absolute atomic E-state index is 12.6. The molecule has 98 valence electrons. The van der Waals surface area contributed by atoms with Crippen LogP contribution in [0.5, 0.6) is 0 Å². The van der Waals surface area contributed by atoms with Crippen LogP contribution in [0.2, 0.25) is 0 Å². The first-order valence-electron chi connectivity index (χ1n) is 5.65. The van der Waals surface area contributed by atoms with Crippen LogP contribution in [0.15, 0.2) is 0 Å². The summed E-state index contributed by atoms with van der Waals surface area (Å²) in [5.74, 6) is 0. The Morgan fingerprint density at radius 1 is 1.25 bits per heavy atom. The van der Waals surface area contributed by atoms with Gasteiger partial charge in [-0.25, -0.2) is 8.78 Å². The van der Waals surface area contributed by atoms with E-state index in [-0.39, 0.29) is 12.1 Å². The second-order valence-corrected chi connectivity index (χ2v) is 3.57. The minimum atomic E-state index is -2.47. The molecule has 0 aliphatic carbocycles. The Kier molecular flexibility index (Phi) is 7.80. The molecule has 0 aromatic carbocycles. The Bertz CT molecular complexity index is 181. The maximum atomic E-state index is 12.6. The van der Waals surface area contributed by atoms with E-state index in [1.165, 1.54) is 7.11 Å². The smallest absolute Gasteiger partial charge is 0.265 e. The number of alkyl halides is 2. The van der Waals surface area contributed by atoms with Gasteiger partial charge in [0.2, 0.25) is 0 Å². The van der Waals surface area contributed by atoms with E-state index in [9.17, 15) is 8.78 Å². The number of likely N-dealkylation sites (N-methyl/N-ethyl adjacent to an activating group) is 1. The third-order valence-electron chi connectivity index (χ3n) is 2.82. The van der Waals surface area contributed by atoms with E-state index in [0.29, 0.717) is 0 Å². The molecule has 1 aliphatic rings. The summed E-state index contributed by atoms with van der Waals surface area (Å²) < 4.78 is 35.3. The van der Waals surface area contributed by atoms with Gasteiger partial charge in [0.25, 0.3) is 6.43 Å². The molecule has 16 heavy (non-hydrogen) atoms. The van der Waals surface area contributed by atoms with Crippen LogP contribution in [0.3, 0.4) is 0 Å². The van der Waals surface area contributed by atoms with Crippen molar-refractivity contribution in [1.82, 2.24) is 4.90 Å². The summed E-state index contributed by atoms with van der Waals surface area (Å²) in [6, 6.07) is -0.343. The first-order chi connectivity index (χ1) is 7.61. The number of halogens is 2. The minimum Gasteiger partial charge on any atom is -0.380 e. The van der Waals surface area contributed by atoms with Crippen molar-refractivity contribution in [2.45, 2.75) is 44.9 Å². The number of methoxy groups -OCH3 is 2. The molecule has 1 saturated heterocycles. The van der Waals surface area contributed by atoms with Crippen LogP contribution in [0.4, 0.5) is 8.78 Å². The van der Waals surface area contributed by atoms with Crippen molar-refractivity contribution in [3.8, 4) is 0 Å². The molecule has 0 aromatic rings. The molecule has 3 nitrogen and oxygen atoms in total. The Balaban J connectivity index is 0.00000106. The van der Waals surface area contributed by atoms with Gasteiger partial charge < -0.3 is 9.47 Å². The molecule has 1 fully saturated rings. The molecule has 0 spiro atoms. The number of hydrogen-bond donors (Lipinski definition) is 0. The lowest BCUT2D eigenvalue weighted by molar-refractivity contribution is -0.0932. The largest absolute Gasteiger partial charge is 0.380 e. The van der Waals surface area contributed by atoms with Crippen molar-refractivity contribution in [2.24, 2.45) is 0 Å². The zero-order valence-electron chi connectivity index (χ0n) is 10.7. The van der Waals surface area contributed by atoms with Gasteiger partial charge in [0.15, 0.2) is 0 Å². The highest BCUT2D eigenvalue weighted by atomic mass is 19.3. The fourth-order valence-corrected chi connectivity index (χ4v) is 2.05. The van der Waals surface area contributed by atoms with Gasteiger partial charge in [-0.15, -0.1) is 0 Å². The van der Waals surface area contributed by atoms with Gasteiger partial charge in [-0.2, -0.15) is 0 Å². The van der Waals surface area contributed by atoms with Gasteiger partial charge in [-0.3, -0.25) is 4.90 Å². The van der Waals surface area contributed by atoms with E-state index in [1.807, 2.05) is 25.8 Å². The average Bonchev–Trinajstić information content (AvgIpc) is 2.64. The summed E-state index contributed by atoms with van der Waals surface area (Å²) in [6.45, 7) is 4.77. The highest BCUT2D eigenvalue weighted by Crippen LogP contribution is 2.26. The lowest BCUT2D eigenvalue weighted by atomic mass is 10.1. The molecule has 0 aromatic heterocycles. The molecule has 1 aliphatic heterocycles. The predicted molar refractivity (Wildman–Crippen MR) is 60.0 cm³/mol. The summed E-state index contributed by atoms with van der Waals surface area (Å²) in [7, 11) is 4.68. The Hall–Kier alpha value is -0.260. The summed E-state index contributed by atoms with van der Waals surface area (Å²) in [4.78, 5) is 1.87. The second-order valence-electron chi connectivity index (χ2n) is 3.57. The molecule has 0 amide bonds. The van der Waals surface area contributed by atoms with Crippen molar-refractivity contribution in [2.75, 3.05) is 27.8 Å². The van der Waals surface area contributed by atoms with Crippen molar-refractivity contribution in [1.29, 1.82) is 0 Å². The number of ether oxygens (including phenoxy) is 2. The number of rotatable bonds is 4. The normalized spacial score (nSPS) is 27.8. The van der Waals surface area contributed by atoms with E-state index in [1.54, 1.807) is 7.11 Å². The van der Waals surface area contributed by atoms with Crippen molar-refractivity contribution >= 4 is 0 Å². The van der Waals surface area contributed by atoms with Gasteiger partial charge >= 0.3 is 0 Å². The standard InChI is InChI=1S/C9H17F2NO2.C2H6/c1-12-5-4-6(13-2)7(12)8(14-3)9(10)11;1-2/h6-9H,4-5H2,1-3H3;1-2H3/t6-,7-,8+;/m0./s1. The van der Waals surface area contributed by atoms with Crippen LogP contribution in [0.25, 0.3) is 0 Å². The first-order valence-corrected chi connectivity index (χ1v) is 5.65. The quantitative estimate of drug-likeness (QED) is 0.749. The molecule has 0 radical (unpaired) electrons. The zero-order valence-corrected chi connectivity index (χ0v) is 10.7.